The molecule has 1 aliphatic heterocycles. The third kappa shape index (κ3) is 3.93. The number of nitrogens with one attached hydrogen (secondary N) is 2. The van der Waals surface area contributed by atoms with Crippen LogP contribution in [0.3, 0.4) is 0 Å². The molecule has 2 amide bonds. The molecule has 2 N–H and O–H groups in total. The minimum Gasteiger partial charge on any atom is -0.376 e. The average molecular weight is 282 g/mol. The summed E-state index contributed by atoms with van der Waals surface area (Å²) in [5.41, 5.74) is 0. The predicted molar refractivity (Wildman–Crippen MR) is 72.1 cm³/mol. The predicted octanol–water partition coefficient (Wildman–Crippen LogP) is 1.55. The molecule has 1 aromatic heterocycles. The van der Waals surface area contributed by atoms with E-state index in [1.54, 1.807) is 6.92 Å². The molecular formula is C13H22N4O3. The molecule has 0 aliphatic carbocycles. The van der Waals surface area contributed by atoms with Crippen LogP contribution in [0.2, 0.25) is 0 Å². The van der Waals surface area contributed by atoms with E-state index in [2.05, 4.69) is 20.8 Å². The Balaban J connectivity index is 1.85. The van der Waals surface area contributed by atoms with Crippen molar-refractivity contribution < 1.29 is 14.1 Å². The molecular weight excluding hydrogens is 260 g/mol. The minimum atomic E-state index is -0.291. The van der Waals surface area contributed by atoms with Crippen molar-refractivity contribution in [2.24, 2.45) is 5.92 Å². The lowest BCUT2D eigenvalue weighted by atomic mass is 10.0. The van der Waals surface area contributed by atoms with Gasteiger partial charge < -0.3 is 19.9 Å². The molecule has 0 unspecified atom stereocenters. The van der Waals surface area contributed by atoms with Crippen molar-refractivity contribution in [1.82, 2.24) is 20.8 Å². The maximum atomic E-state index is 11.9. The summed E-state index contributed by atoms with van der Waals surface area (Å²) < 4.78 is 10.6. The van der Waals surface area contributed by atoms with Gasteiger partial charge in [-0.15, -0.1) is 0 Å². The van der Waals surface area contributed by atoms with E-state index in [-0.39, 0.29) is 24.1 Å². The van der Waals surface area contributed by atoms with Gasteiger partial charge in [0.05, 0.1) is 6.10 Å². The number of amides is 2. The minimum absolute atomic E-state index is 0.129. The van der Waals surface area contributed by atoms with Crippen molar-refractivity contribution >= 4 is 6.03 Å². The highest BCUT2D eigenvalue weighted by atomic mass is 16.5. The summed E-state index contributed by atoms with van der Waals surface area (Å²) in [4.78, 5) is 16.1. The van der Waals surface area contributed by atoms with Gasteiger partial charge in [-0.2, -0.15) is 4.98 Å². The van der Waals surface area contributed by atoms with Gasteiger partial charge in [-0.1, -0.05) is 19.0 Å². The zero-order valence-corrected chi connectivity index (χ0v) is 12.2. The van der Waals surface area contributed by atoms with E-state index in [0.29, 0.717) is 18.3 Å². The molecule has 112 valence electrons. The smallest absolute Gasteiger partial charge is 0.315 e. The Kier molecular flexibility index (Phi) is 4.94. The first-order valence-electron chi connectivity index (χ1n) is 7.02. The monoisotopic (exact) mass is 282 g/mol. The summed E-state index contributed by atoms with van der Waals surface area (Å²) in [5, 5.41) is 9.45. The fraction of sp³-hybridized carbons (Fsp3) is 0.769. The van der Waals surface area contributed by atoms with Crippen LogP contribution >= 0.6 is 0 Å². The summed E-state index contributed by atoms with van der Waals surface area (Å²) in [5.74, 6) is 1.15. The molecule has 0 radical (unpaired) electrons. The summed E-state index contributed by atoms with van der Waals surface area (Å²) in [6, 6.07) is -0.532. The Morgan fingerprint density at radius 1 is 1.50 bits per heavy atom. The van der Waals surface area contributed by atoms with Crippen LogP contribution in [0.1, 0.15) is 44.4 Å². The Morgan fingerprint density at radius 3 is 2.85 bits per heavy atom. The molecule has 2 heterocycles. The molecule has 1 saturated heterocycles. The van der Waals surface area contributed by atoms with Crippen LogP contribution in [-0.4, -0.2) is 35.4 Å². The van der Waals surface area contributed by atoms with Gasteiger partial charge in [-0.05, 0) is 25.7 Å². The Labute approximate surface area is 118 Å². The van der Waals surface area contributed by atoms with Crippen LogP contribution in [0.25, 0.3) is 0 Å². The summed E-state index contributed by atoms with van der Waals surface area (Å²) in [7, 11) is 0. The van der Waals surface area contributed by atoms with E-state index in [1.807, 2.05) is 13.8 Å². The first-order chi connectivity index (χ1) is 9.56. The van der Waals surface area contributed by atoms with E-state index >= 15 is 0 Å². The molecule has 7 heteroatoms. The van der Waals surface area contributed by atoms with Crippen LogP contribution in [0.15, 0.2) is 4.52 Å². The molecule has 20 heavy (non-hydrogen) atoms. The van der Waals surface area contributed by atoms with Gasteiger partial charge in [-0.3, -0.25) is 0 Å². The highest BCUT2D eigenvalue weighted by Gasteiger charge is 2.24. The van der Waals surface area contributed by atoms with Crippen molar-refractivity contribution in [3.63, 3.8) is 0 Å². The standard InChI is InChI=1S/C13H22N4O3/c1-8(2)11(12-15-9(3)17-20-12)16-13(18)14-7-10-5-4-6-19-10/h8,10-11H,4-7H2,1-3H3,(H2,14,16,18)/t10-,11-/m0/s1. The third-order valence-corrected chi connectivity index (χ3v) is 3.28. The van der Waals surface area contributed by atoms with Crippen LogP contribution in [0.4, 0.5) is 4.79 Å². The molecule has 1 aromatic rings. The van der Waals surface area contributed by atoms with Crippen LogP contribution < -0.4 is 10.6 Å². The van der Waals surface area contributed by atoms with E-state index < -0.39 is 0 Å². The molecule has 2 atom stereocenters. The number of ether oxygens (including phenoxy) is 1. The van der Waals surface area contributed by atoms with Crippen molar-refractivity contribution in [3.05, 3.63) is 11.7 Å². The van der Waals surface area contributed by atoms with Crippen molar-refractivity contribution in [1.29, 1.82) is 0 Å². The first kappa shape index (κ1) is 14.8. The van der Waals surface area contributed by atoms with Crippen molar-refractivity contribution in [2.75, 3.05) is 13.2 Å². The number of hydrogen-bond acceptors (Lipinski definition) is 5. The fourth-order valence-corrected chi connectivity index (χ4v) is 2.16. The second-order valence-electron chi connectivity index (χ2n) is 5.39. The molecule has 2 rings (SSSR count). The molecule has 0 saturated carbocycles. The first-order valence-corrected chi connectivity index (χ1v) is 7.02. The number of carbonyl (C=O) groups excluding carboxylic acids is 1. The summed E-state index contributed by atoms with van der Waals surface area (Å²) in [6.07, 6.45) is 2.18. The number of hydrogen-bond donors (Lipinski definition) is 2. The molecule has 1 aliphatic rings. The van der Waals surface area contributed by atoms with E-state index in [4.69, 9.17) is 9.26 Å². The van der Waals surface area contributed by atoms with Crippen molar-refractivity contribution in [2.45, 2.75) is 45.8 Å². The lowest BCUT2D eigenvalue weighted by Gasteiger charge is -2.19. The highest BCUT2D eigenvalue weighted by molar-refractivity contribution is 5.74. The number of carbonyl (C=O) groups is 1. The normalized spacial score (nSPS) is 20.1. The molecule has 1 fully saturated rings. The molecule has 0 aromatic carbocycles. The Hall–Kier alpha value is -1.63. The Morgan fingerprint density at radius 2 is 2.30 bits per heavy atom. The van der Waals surface area contributed by atoms with E-state index in [0.717, 1.165) is 19.4 Å². The van der Waals surface area contributed by atoms with Crippen LogP contribution in [0.5, 0.6) is 0 Å². The number of nitrogens with zero attached hydrogens (tertiary/aromatic N) is 2. The average Bonchev–Trinajstić information content (AvgIpc) is 3.04. The number of aromatic nitrogens is 2. The van der Waals surface area contributed by atoms with Crippen LogP contribution in [-0.2, 0) is 4.74 Å². The Bertz CT molecular complexity index is 441. The molecule has 7 nitrogen and oxygen atoms in total. The number of rotatable bonds is 5. The van der Waals surface area contributed by atoms with E-state index in [9.17, 15) is 4.79 Å². The second kappa shape index (κ2) is 6.69. The summed E-state index contributed by atoms with van der Waals surface area (Å²) >= 11 is 0. The number of urea groups is 1. The van der Waals surface area contributed by atoms with Crippen LogP contribution in [0, 0.1) is 12.8 Å². The SMILES string of the molecule is Cc1noc([C@@H](NC(=O)NC[C@@H]2CCCO2)C(C)C)n1. The highest BCUT2D eigenvalue weighted by Crippen LogP contribution is 2.19. The summed E-state index contributed by atoms with van der Waals surface area (Å²) in [6.45, 7) is 7.04. The largest absolute Gasteiger partial charge is 0.376 e. The topological polar surface area (TPSA) is 89.3 Å². The third-order valence-electron chi connectivity index (χ3n) is 3.28. The zero-order chi connectivity index (χ0) is 14.5. The molecule has 0 bridgehead atoms. The zero-order valence-electron chi connectivity index (χ0n) is 12.2. The van der Waals surface area contributed by atoms with Gasteiger partial charge in [0.25, 0.3) is 0 Å². The van der Waals surface area contributed by atoms with Gasteiger partial charge in [-0.25, -0.2) is 4.79 Å². The second-order valence-corrected chi connectivity index (χ2v) is 5.39. The van der Waals surface area contributed by atoms with Gasteiger partial charge in [0.15, 0.2) is 5.82 Å². The lowest BCUT2D eigenvalue weighted by Crippen LogP contribution is -2.42. The van der Waals surface area contributed by atoms with Gasteiger partial charge in [0.1, 0.15) is 6.04 Å². The van der Waals surface area contributed by atoms with Gasteiger partial charge >= 0.3 is 6.03 Å². The number of aryl methyl sites for hydroxylation is 1. The molecule has 0 spiro atoms. The fourth-order valence-electron chi connectivity index (χ4n) is 2.16. The van der Waals surface area contributed by atoms with Crippen molar-refractivity contribution in [3.8, 4) is 0 Å². The quantitative estimate of drug-likeness (QED) is 0.855. The van der Waals surface area contributed by atoms with Gasteiger partial charge in [0, 0.05) is 13.2 Å². The maximum Gasteiger partial charge on any atom is 0.315 e. The van der Waals surface area contributed by atoms with E-state index in [1.165, 1.54) is 0 Å². The maximum absolute atomic E-state index is 11.9. The lowest BCUT2D eigenvalue weighted by molar-refractivity contribution is 0.111. The van der Waals surface area contributed by atoms with Gasteiger partial charge in [0.2, 0.25) is 5.89 Å².